The van der Waals surface area contributed by atoms with Crippen LogP contribution < -0.4 is 5.32 Å². The molecule has 2 saturated carbocycles. The number of aliphatic hydroxyl groups is 3. The number of carbonyl (C=O) groups excluding carboxylic acids is 6. The van der Waals surface area contributed by atoms with E-state index in [1.54, 1.807) is 99.6 Å². The first-order valence-electron chi connectivity index (χ1n) is 22.1. The Morgan fingerprint density at radius 2 is 1.49 bits per heavy atom. The van der Waals surface area contributed by atoms with Gasteiger partial charge in [0.2, 0.25) is 6.10 Å². The lowest BCUT2D eigenvalue weighted by molar-refractivity contribution is -0.345. The molecule has 0 aromatic heterocycles. The lowest BCUT2D eigenvalue weighted by Crippen LogP contribution is -2.81. The summed E-state index contributed by atoms with van der Waals surface area (Å²) in [6.07, 6.45) is -12.0. The summed E-state index contributed by atoms with van der Waals surface area (Å²) in [6, 6.07) is 23.0. The van der Waals surface area contributed by atoms with Crippen LogP contribution in [0, 0.1) is 16.7 Å². The summed E-state index contributed by atoms with van der Waals surface area (Å²) in [7, 11) is 0. The number of Topliss-reactive ketones (excluding diaryl/α,β-unsaturated/α-hetero) is 1. The van der Waals surface area contributed by atoms with Crippen LogP contribution in [0.4, 0.5) is 9.59 Å². The first kappa shape index (κ1) is 48.8. The molecule has 0 radical (unpaired) electrons. The molecule has 0 spiro atoms. The fraction of sp³-hybridized carbons (Fsp3) is 0.480. The molecule has 1 aliphatic heterocycles. The van der Waals surface area contributed by atoms with E-state index in [2.05, 4.69) is 5.32 Å². The fourth-order valence-corrected chi connectivity index (χ4v) is 10.0. The van der Waals surface area contributed by atoms with Gasteiger partial charge in [0, 0.05) is 25.2 Å². The van der Waals surface area contributed by atoms with E-state index in [4.69, 9.17) is 33.2 Å². The summed E-state index contributed by atoms with van der Waals surface area (Å²) in [4.78, 5) is 84.1. The van der Waals surface area contributed by atoms with Crippen LogP contribution in [0.15, 0.2) is 103 Å². The van der Waals surface area contributed by atoms with Gasteiger partial charge in [-0.3, -0.25) is 9.59 Å². The summed E-state index contributed by atoms with van der Waals surface area (Å²) in [5, 5.41) is 40.4. The van der Waals surface area contributed by atoms with E-state index in [1.807, 2.05) is 0 Å². The zero-order valence-corrected chi connectivity index (χ0v) is 38.3. The molecule has 3 aromatic carbocycles. The van der Waals surface area contributed by atoms with E-state index in [0.29, 0.717) is 5.56 Å². The Kier molecular flexibility index (Phi) is 13.5. The quantitative estimate of drug-likeness (QED) is 0.109. The number of amides is 1. The van der Waals surface area contributed by atoms with Crippen molar-refractivity contribution in [1.82, 2.24) is 5.32 Å². The van der Waals surface area contributed by atoms with E-state index in [9.17, 15) is 39.3 Å². The second-order valence-electron chi connectivity index (χ2n) is 19.3. The van der Waals surface area contributed by atoms with Crippen LogP contribution in [0.25, 0.3) is 0 Å². The van der Waals surface area contributed by atoms with Crippen molar-refractivity contribution in [2.45, 2.75) is 127 Å². The van der Waals surface area contributed by atoms with Gasteiger partial charge in [0.1, 0.15) is 48.3 Å². The first-order chi connectivity index (χ1) is 31.5. The predicted molar refractivity (Wildman–Crippen MR) is 234 cm³/mol. The Balaban J connectivity index is 1.34. The minimum absolute atomic E-state index is 0.0523. The van der Waals surface area contributed by atoms with Crippen molar-refractivity contribution < 1.29 is 77.2 Å². The average molecular weight is 928 g/mol. The van der Waals surface area contributed by atoms with Gasteiger partial charge in [0.05, 0.1) is 29.6 Å². The van der Waals surface area contributed by atoms with Gasteiger partial charge >= 0.3 is 30.2 Å². The van der Waals surface area contributed by atoms with Crippen LogP contribution in [-0.4, -0.2) is 111 Å². The molecule has 4 aliphatic rings. The highest BCUT2D eigenvalue weighted by Crippen LogP contribution is 2.63. The molecule has 67 heavy (non-hydrogen) atoms. The number of ketones is 1. The SMILES string of the molecule is CC(=O)O[C@@]12CO[C@@H]1C[C@H](O)[C@@]1(C)C(=O)[C@H](O)C3=C[C@@H](OC(=O)[C@H](OC(=O)OCc4ccccc4)[C@@H](NC(=O)OC(C)(C)C)c4ccccc4)C[C@@](O)([C@@H](OC(=O)c4ccccc4)C12)C3(C)C. The Morgan fingerprint density at radius 3 is 2.07 bits per heavy atom. The van der Waals surface area contributed by atoms with Gasteiger partial charge in [-0.05, 0) is 62.6 Å². The second-order valence-corrected chi connectivity index (χ2v) is 19.3. The maximum Gasteiger partial charge on any atom is 0.509 e. The molecular weight excluding hydrogens is 871 g/mol. The minimum Gasteiger partial charge on any atom is -0.455 e. The molecule has 1 unspecified atom stereocenters. The van der Waals surface area contributed by atoms with E-state index in [1.165, 1.54) is 39.0 Å². The third kappa shape index (κ3) is 9.29. The summed E-state index contributed by atoms with van der Waals surface area (Å²) < 4.78 is 41.0. The highest BCUT2D eigenvalue weighted by atomic mass is 16.7. The summed E-state index contributed by atoms with van der Waals surface area (Å²) in [6.45, 7) is 9.84. The number of rotatable bonds is 11. The molecule has 4 N–H and O–H groups in total. The highest BCUT2D eigenvalue weighted by Gasteiger charge is 2.77. The van der Waals surface area contributed by atoms with Crippen molar-refractivity contribution in [1.29, 1.82) is 0 Å². The van der Waals surface area contributed by atoms with Gasteiger partial charge in [-0.15, -0.1) is 0 Å². The van der Waals surface area contributed by atoms with Crippen LogP contribution >= 0.6 is 0 Å². The molecule has 1 heterocycles. The maximum atomic E-state index is 15.0. The monoisotopic (exact) mass is 927 g/mol. The number of carbonyl (C=O) groups is 6. The molecule has 1 saturated heterocycles. The zero-order chi connectivity index (χ0) is 48.7. The highest BCUT2D eigenvalue weighted by molar-refractivity contribution is 5.94. The molecule has 2 bridgehead atoms. The van der Waals surface area contributed by atoms with Crippen molar-refractivity contribution in [3.8, 4) is 0 Å². The molecule has 11 atom stereocenters. The van der Waals surface area contributed by atoms with E-state index < -0.39 is 119 Å². The maximum absolute atomic E-state index is 15.0. The number of ether oxygens (including phenoxy) is 7. The number of nitrogens with one attached hydrogen (secondary N) is 1. The van der Waals surface area contributed by atoms with Crippen molar-refractivity contribution in [3.05, 3.63) is 119 Å². The molecule has 3 fully saturated rings. The average Bonchev–Trinajstić information content (AvgIpc) is 3.27. The Labute approximate surface area is 387 Å². The number of hydrogen-bond donors (Lipinski definition) is 4. The Hall–Kier alpha value is -6.14. The molecule has 17 heteroatoms. The van der Waals surface area contributed by atoms with E-state index in [0.717, 1.165) is 6.92 Å². The summed E-state index contributed by atoms with van der Waals surface area (Å²) in [5.74, 6) is -5.55. The van der Waals surface area contributed by atoms with Crippen LogP contribution in [0.1, 0.15) is 88.8 Å². The molecular formula is C50H57NO16. The van der Waals surface area contributed by atoms with Crippen molar-refractivity contribution in [2.75, 3.05) is 6.61 Å². The van der Waals surface area contributed by atoms with Gasteiger partial charge < -0.3 is 53.8 Å². The molecule has 17 nitrogen and oxygen atoms in total. The summed E-state index contributed by atoms with van der Waals surface area (Å²) in [5.41, 5.74) is -8.18. The molecule has 3 aromatic rings. The predicted octanol–water partition coefficient (Wildman–Crippen LogP) is 5.23. The molecule has 3 aliphatic carbocycles. The minimum atomic E-state index is -2.43. The standard InChI is InChI=1S/C50H57NO16/c1-28(52)66-49-27-62-35(49)24-34(53)48(7)39(49)41(65-42(56)31-21-15-10-16-22-31)50(60)25-32(23-33(47(50,5)6)37(54)40(48)55)63-43(57)38(64-45(59)61-26-29-17-11-8-12-18-29)36(30-19-13-9-14-20-30)51-44(58)67-46(2,3)4/h8-23,32,34-39,41,53-54,60H,24-27H2,1-7H3,(H,51,58)/t32-,34+,35-,36+,37-,38-,39?,41+,48-,49+,50-/m1/s1. The third-order valence-electron chi connectivity index (χ3n) is 13.5. The Bertz CT molecular complexity index is 2380. The smallest absolute Gasteiger partial charge is 0.455 e. The van der Waals surface area contributed by atoms with E-state index in [-0.39, 0.29) is 36.3 Å². The summed E-state index contributed by atoms with van der Waals surface area (Å²) >= 11 is 0. The van der Waals surface area contributed by atoms with Gasteiger partial charge in [-0.25, -0.2) is 19.2 Å². The zero-order valence-electron chi connectivity index (χ0n) is 38.3. The molecule has 1 amide bonds. The van der Waals surface area contributed by atoms with Gasteiger partial charge in [0.15, 0.2) is 11.4 Å². The van der Waals surface area contributed by atoms with Crippen molar-refractivity contribution >= 4 is 35.9 Å². The number of hydrogen-bond acceptors (Lipinski definition) is 16. The lowest BCUT2D eigenvalue weighted by atomic mass is 9.45. The van der Waals surface area contributed by atoms with Crippen LogP contribution in [0.5, 0.6) is 0 Å². The van der Waals surface area contributed by atoms with E-state index >= 15 is 4.79 Å². The Morgan fingerprint density at radius 1 is 0.881 bits per heavy atom. The van der Waals surface area contributed by atoms with Gasteiger partial charge in [-0.1, -0.05) is 92.7 Å². The first-order valence-corrected chi connectivity index (χ1v) is 22.1. The molecule has 358 valence electrons. The van der Waals surface area contributed by atoms with Crippen molar-refractivity contribution in [3.63, 3.8) is 0 Å². The topological polar surface area (TPSA) is 240 Å². The van der Waals surface area contributed by atoms with Gasteiger partial charge in [-0.2, -0.15) is 0 Å². The number of alkyl carbamates (subject to hydrolysis) is 1. The van der Waals surface area contributed by atoms with Gasteiger partial charge in [0.25, 0.3) is 0 Å². The number of aliphatic hydroxyl groups excluding tert-OH is 2. The number of fused-ring (bicyclic) bond motifs is 5. The largest absolute Gasteiger partial charge is 0.509 e. The molecule has 7 rings (SSSR count). The third-order valence-corrected chi connectivity index (χ3v) is 13.5. The number of esters is 3. The van der Waals surface area contributed by atoms with Crippen LogP contribution in [-0.2, 0) is 54.1 Å². The lowest BCUT2D eigenvalue weighted by Gasteiger charge is -2.67. The fourth-order valence-electron chi connectivity index (χ4n) is 10.0. The van der Waals surface area contributed by atoms with Crippen LogP contribution in [0.3, 0.4) is 0 Å². The van der Waals surface area contributed by atoms with Crippen molar-refractivity contribution in [2.24, 2.45) is 16.7 Å². The normalized spacial score (nSPS) is 30.4. The second kappa shape index (κ2) is 18.5. The van der Waals surface area contributed by atoms with Crippen LogP contribution in [0.2, 0.25) is 0 Å². The number of benzene rings is 3.